The van der Waals surface area contributed by atoms with Gasteiger partial charge in [-0.05, 0) is 0 Å². The lowest BCUT2D eigenvalue weighted by atomic mass is 10.1. The summed E-state index contributed by atoms with van der Waals surface area (Å²) in [7, 11) is 3.03. The molecular formula is C13H22N2O6. The lowest BCUT2D eigenvalue weighted by molar-refractivity contribution is -0.146. The molecule has 1 aliphatic heterocycles. The molecular weight excluding hydrogens is 280 g/mol. The van der Waals surface area contributed by atoms with Gasteiger partial charge in [0.05, 0.1) is 19.1 Å². The number of carbonyl (C=O) groups excluding carboxylic acids is 2. The Labute approximate surface area is 123 Å². The molecule has 0 radical (unpaired) electrons. The van der Waals surface area contributed by atoms with Crippen LogP contribution in [0, 0.1) is 5.92 Å². The van der Waals surface area contributed by atoms with Crippen molar-refractivity contribution in [3.05, 3.63) is 0 Å². The third-order valence-corrected chi connectivity index (χ3v) is 3.33. The second-order valence-electron chi connectivity index (χ2n) is 4.88. The van der Waals surface area contributed by atoms with Gasteiger partial charge in [-0.15, -0.1) is 0 Å². The zero-order valence-electron chi connectivity index (χ0n) is 12.4. The molecule has 0 aromatic carbocycles. The predicted octanol–water partition coefficient (Wildman–Crippen LogP) is -0.959. The van der Waals surface area contributed by atoms with Gasteiger partial charge in [0.1, 0.15) is 6.54 Å². The van der Waals surface area contributed by atoms with Crippen LogP contribution in [0.1, 0.15) is 6.42 Å². The van der Waals surface area contributed by atoms with Crippen LogP contribution in [0.15, 0.2) is 0 Å². The van der Waals surface area contributed by atoms with E-state index in [0.717, 1.165) is 0 Å². The summed E-state index contributed by atoms with van der Waals surface area (Å²) in [5.41, 5.74) is 0. The highest BCUT2D eigenvalue weighted by atomic mass is 16.5. The van der Waals surface area contributed by atoms with E-state index < -0.39 is 11.9 Å². The Morgan fingerprint density at radius 1 is 1.33 bits per heavy atom. The first-order chi connectivity index (χ1) is 9.99. The molecule has 8 heteroatoms. The van der Waals surface area contributed by atoms with Gasteiger partial charge < -0.3 is 24.4 Å². The van der Waals surface area contributed by atoms with Crippen molar-refractivity contribution in [3.63, 3.8) is 0 Å². The Balaban J connectivity index is 2.62. The van der Waals surface area contributed by atoms with Gasteiger partial charge >= 0.3 is 5.97 Å². The van der Waals surface area contributed by atoms with Crippen molar-refractivity contribution >= 4 is 17.8 Å². The molecule has 1 rings (SSSR count). The third kappa shape index (κ3) is 5.31. The zero-order chi connectivity index (χ0) is 15.8. The third-order valence-electron chi connectivity index (χ3n) is 3.33. The summed E-state index contributed by atoms with van der Waals surface area (Å²) in [6, 6.07) is 0. The van der Waals surface area contributed by atoms with Crippen molar-refractivity contribution in [2.75, 3.05) is 53.6 Å². The summed E-state index contributed by atoms with van der Waals surface area (Å²) in [6.45, 7) is 1.23. The normalized spacial score (nSPS) is 18.1. The Morgan fingerprint density at radius 3 is 2.57 bits per heavy atom. The molecule has 0 aliphatic carbocycles. The van der Waals surface area contributed by atoms with E-state index in [1.807, 2.05) is 0 Å². The average Bonchev–Trinajstić information content (AvgIpc) is 2.81. The number of nitrogens with zero attached hydrogens (tertiary/aromatic N) is 2. The Hall–Kier alpha value is -1.67. The minimum absolute atomic E-state index is 0.104. The molecule has 0 aromatic rings. The summed E-state index contributed by atoms with van der Waals surface area (Å²) >= 11 is 0. The maximum atomic E-state index is 12.3. The van der Waals surface area contributed by atoms with Gasteiger partial charge in [-0.3, -0.25) is 14.4 Å². The van der Waals surface area contributed by atoms with Crippen LogP contribution in [0.5, 0.6) is 0 Å². The van der Waals surface area contributed by atoms with Crippen molar-refractivity contribution in [1.82, 2.24) is 9.80 Å². The fraction of sp³-hybridized carbons (Fsp3) is 0.769. The van der Waals surface area contributed by atoms with E-state index in [-0.39, 0.29) is 37.9 Å². The predicted molar refractivity (Wildman–Crippen MR) is 72.7 cm³/mol. The summed E-state index contributed by atoms with van der Waals surface area (Å²) in [6.07, 6.45) is 0.117. The van der Waals surface area contributed by atoms with Gasteiger partial charge in [0.2, 0.25) is 11.8 Å². The highest BCUT2D eigenvalue weighted by Gasteiger charge is 2.36. The summed E-state index contributed by atoms with van der Waals surface area (Å²) in [4.78, 5) is 37.8. The van der Waals surface area contributed by atoms with Crippen LogP contribution >= 0.6 is 0 Å². The Morgan fingerprint density at radius 2 is 2.00 bits per heavy atom. The van der Waals surface area contributed by atoms with Crippen molar-refractivity contribution in [1.29, 1.82) is 0 Å². The number of carbonyl (C=O) groups is 3. The van der Waals surface area contributed by atoms with Crippen LogP contribution in [0.3, 0.4) is 0 Å². The van der Waals surface area contributed by atoms with Crippen LogP contribution in [0.25, 0.3) is 0 Å². The SMILES string of the molecule is COCCN1CC(C(=O)N(CCOC)CC(=O)O)CC1=O. The zero-order valence-corrected chi connectivity index (χ0v) is 12.4. The molecule has 1 unspecified atom stereocenters. The second kappa shape index (κ2) is 8.58. The highest BCUT2D eigenvalue weighted by molar-refractivity contribution is 5.90. The summed E-state index contributed by atoms with van der Waals surface area (Å²) in [5.74, 6) is -2.00. The lowest BCUT2D eigenvalue weighted by Crippen LogP contribution is -2.42. The maximum absolute atomic E-state index is 12.3. The number of amides is 2. The molecule has 1 saturated heterocycles. The molecule has 8 nitrogen and oxygen atoms in total. The fourth-order valence-corrected chi connectivity index (χ4v) is 2.25. The number of methoxy groups -OCH3 is 2. The summed E-state index contributed by atoms with van der Waals surface area (Å²) < 4.78 is 9.80. The number of carboxylic acid groups (broad SMARTS) is 1. The van der Waals surface area contributed by atoms with Crippen LogP contribution in [0.4, 0.5) is 0 Å². The van der Waals surface area contributed by atoms with Crippen molar-refractivity contribution < 1.29 is 29.0 Å². The number of hydrogen-bond acceptors (Lipinski definition) is 5. The van der Waals surface area contributed by atoms with Gasteiger partial charge in [-0.25, -0.2) is 0 Å². The smallest absolute Gasteiger partial charge is 0.323 e. The quantitative estimate of drug-likeness (QED) is 0.589. The van der Waals surface area contributed by atoms with Gasteiger partial charge in [-0.1, -0.05) is 0 Å². The van der Waals surface area contributed by atoms with Crippen LogP contribution in [-0.4, -0.2) is 86.3 Å². The minimum Gasteiger partial charge on any atom is -0.480 e. The Bertz CT molecular complexity index is 387. The number of ether oxygens (including phenoxy) is 2. The molecule has 1 atom stereocenters. The molecule has 0 saturated carbocycles. The molecule has 1 aliphatic rings. The number of likely N-dealkylation sites (tertiary alicyclic amines) is 1. The average molecular weight is 302 g/mol. The molecule has 21 heavy (non-hydrogen) atoms. The van der Waals surface area contributed by atoms with Crippen molar-refractivity contribution in [2.45, 2.75) is 6.42 Å². The van der Waals surface area contributed by atoms with Crippen molar-refractivity contribution in [3.8, 4) is 0 Å². The molecule has 1 fully saturated rings. The number of aliphatic carboxylic acids is 1. The van der Waals surface area contributed by atoms with Gasteiger partial charge in [-0.2, -0.15) is 0 Å². The van der Waals surface area contributed by atoms with E-state index in [1.54, 1.807) is 12.0 Å². The van der Waals surface area contributed by atoms with Crippen molar-refractivity contribution in [2.24, 2.45) is 5.92 Å². The van der Waals surface area contributed by atoms with Gasteiger partial charge in [0.15, 0.2) is 0 Å². The number of carboxylic acids is 1. The molecule has 0 aromatic heterocycles. The topological polar surface area (TPSA) is 96.4 Å². The standard InChI is InChI=1S/C13H22N2O6/c1-20-5-3-14-8-10(7-11(14)16)13(19)15(4-6-21-2)9-12(17)18/h10H,3-9H2,1-2H3,(H,17,18). The monoisotopic (exact) mass is 302 g/mol. The largest absolute Gasteiger partial charge is 0.480 e. The second-order valence-corrected chi connectivity index (χ2v) is 4.88. The van der Waals surface area contributed by atoms with E-state index in [1.165, 1.54) is 12.0 Å². The molecule has 1 N–H and O–H groups in total. The van der Waals surface area contributed by atoms with Crippen LogP contribution in [0.2, 0.25) is 0 Å². The number of rotatable bonds is 9. The van der Waals surface area contributed by atoms with Crippen LogP contribution in [-0.2, 0) is 23.9 Å². The Kier molecular flexibility index (Phi) is 7.10. The van der Waals surface area contributed by atoms with E-state index >= 15 is 0 Å². The lowest BCUT2D eigenvalue weighted by Gasteiger charge is -2.23. The first kappa shape index (κ1) is 17.4. The van der Waals surface area contributed by atoms with Crippen LogP contribution < -0.4 is 0 Å². The molecule has 0 spiro atoms. The fourth-order valence-electron chi connectivity index (χ4n) is 2.25. The molecule has 120 valence electrons. The molecule has 1 heterocycles. The first-order valence-electron chi connectivity index (χ1n) is 6.75. The molecule has 0 bridgehead atoms. The van der Waals surface area contributed by atoms with E-state index in [2.05, 4.69) is 0 Å². The van der Waals surface area contributed by atoms with E-state index in [4.69, 9.17) is 14.6 Å². The highest BCUT2D eigenvalue weighted by Crippen LogP contribution is 2.20. The minimum atomic E-state index is -1.08. The van der Waals surface area contributed by atoms with E-state index in [9.17, 15) is 14.4 Å². The number of hydrogen-bond donors (Lipinski definition) is 1. The maximum Gasteiger partial charge on any atom is 0.323 e. The van der Waals surface area contributed by atoms with E-state index in [0.29, 0.717) is 19.7 Å². The molecule has 2 amide bonds. The summed E-state index contributed by atoms with van der Waals surface area (Å²) in [5, 5.41) is 8.87. The van der Waals surface area contributed by atoms with Gasteiger partial charge in [0, 0.05) is 40.3 Å². The first-order valence-corrected chi connectivity index (χ1v) is 6.75. The van der Waals surface area contributed by atoms with Gasteiger partial charge in [0.25, 0.3) is 0 Å².